The van der Waals surface area contributed by atoms with Crippen LogP contribution in [0.25, 0.3) is 0 Å². The number of rotatable bonds is 6. The molecule has 25 heavy (non-hydrogen) atoms. The molecule has 0 saturated carbocycles. The zero-order chi connectivity index (χ0) is 18.4. The number of hydrogen-bond donors (Lipinski definition) is 1. The van der Waals surface area contributed by atoms with Crippen molar-refractivity contribution in [1.82, 2.24) is 9.88 Å². The van der Waals surface area contributed by atoms with Crippen LogP contribution in [-0.2, 0) is 16.1 Å². The van der Waals surface area contributed by atoms with E-state index in [0.29, 0.717) is 8.95 Å². The van der Waals surface area contributed by atoms with Crippen LogP contribution in [0.4, 0.5) is 4.79 Å². The van der Waals surface area contributed by atoms with Gasteiger partial charge in [0.25, 0.3) is 0 Å². The molecule has 0 radical (unpaired) electrons. The fourth-order valence-electron chi connectivity index (χ4n) is 2.24. The third kappa shape index (κ3) is 5.02. The third-order valence-electron chi connectivity index (χ3n) is 3.42. The number of aromatic nitrogens is 1. The zero-order valence-electron chi connectivity index (χ0n) is 13.4. The molecule has 0 aliphatic carbocycles. The highest BCUT2D eigenvalue weighted by Gasteiger charge is 2.34. The summed E-state index contributed by atoms with van der Waals surface area (Å²) in [7, 11) is 0. The average Bonchev–Trinajstić information content (AvgIpc) is 2.59. The number of benzene rings is 1. The maximum atomic E-state index is 12.4. The summed E-state index contributed by atoms with van der Waals surface area (Å²) in [5.41, 5.74) is 1.05. The molecule has 132 valence electrons. The molecule has 2 aromatic rings. The van der Waals surface area contributed by atoms with Gasteiger partial charge >= 0.3 is 12.1 Å². The summed E-state index contributed by atoms with van der Waals surface area (Å²) in [5, 5.41) is 9.63. The summed E-state index contributed by atoms with van der Waals surface area (Å²) in [6.45, 7) is 1.92. The molecular formula is C17H16Br2N2O4. The fourth-order valence-corrected chi connectivity index (χ4v) is 3.45. The number of ether oxygens (including phenoxy) is 1. The van der Waals surface area contributed by atoms with Crippen LogP contribution >= 0.6 is 31.9 Å². The molecule has 1 amide bonds. The van der Waals surface area contributed by atoms with Gasteiger partial charge in [-0.25, -0.2) is 9.59 Å². The molecule has 6 nitrogen and oxygen atoms in total. The monoisotopic (exact) mass is 470 g/mol. The fraction of sp³-hybridized carbons (Fsp3) is 0.235. The second-order valence-electron chi connectivity index (χ2n) is 5.09. The van der Waals surface area contributed by atoms with E-state index in [1.165, 1.54) is 6.20 Å². The average molecular weight is 472 g/mol. The summed E-state index contributed by atoms with van der Waals surface area (Å²) in [6.07, 6.45) is 0.773. The van der Waals surface area contributed by atoms with Crippen molar-refractivity contribution >= 4 is 43.9 Å². The molecule has 1 aromatic heterocycles. The van der Waals surface area contributed by atoms with Gasteiger partial charge in [-0.2, -0.15) is 0 Å². The molecule has 8 heteroatoms. The quantitative estimate of drug-likeness (QED) is 0.675. The summed E-state index contributed by atoms with van der Waals surface area (Å²) in [5.74, 6) is -1.19. The van der Waals surface area contributed by atoms with Crippen LogP contribution in [0.15, 0.2) is 51.5 Å². The number of amides is 1. The second-order valence-corrected chi connectivity index (χ2v) is 6.86. The lowest BCUT2D eigenvalue weighted by Crippen LogP contribution is -2.39. The first-order chi connectivity index (χ1) is 11.9. The minimum atomic E-state index is -1.25. The first-order valence-electron chi connectivity index (χ1n) is 7.45. The Balaban J connectivity index is 2.21. The Morgan fingerprint density at radius 3 is 2.52 bits per heavy atom. The van der Waals surface area contributed by atoms with Crippen molar-refractivity contribution in [2.45, 2.75) is 19.6 Å². The molecule has 1 unspecified atom stereocenters. The lowest BCUT2D eigenvalue weighted by molar-refractivity contribution is -0.143. The first kappa shape index (κ1) is 19.4. The molecule has 1 atom stereocenters. The maximum absolute atomic E-state index is 12.4. The molecule has 1 heterocycles. The first-order valence-corrected chi connectivity index (χ1v) is 9.03. The summed E-state index contributed by atoms with van der Waals surface area (Å²) in [6, 6.07) is 9.61. The van der Waals surface area contributed by atoms with Gasteiger partial charge in [0, 0.05) is 21.7 Å². The third-order valence-corrected chi connectivity index (χ3v) is 4.49. The normalized spacial score (nSPS) is 11.6. The summed E-state index contributed by atoms with van der Waals surface area (Å²) in [4.78, 5) is 29.5. The molecule has 0 spiro atoms. The molecule has 0 saturated heterocycles. The zero-order valence-corrected chi connectivity index (χ0v) is 16.5. The van der Waals surface area contributed by atoms with Crippen molar-refractivity contribution in [3.63, 3.8) is 0 Å². The van der Waals surface area contributed by atoms with Crippen LogP contribution in [0.1, 0.15) is 24.2 Å². The number of carbonyl (C=O) groups is 2. The van der Waals surface area contributed by atoms with Crippen molar-refractivity contribution in [1.29, 1.82) is 0 Å². The van der Waals surface area contributed by atoms with Gasteiger partial charge in [0.2, 0.25) is 0 Å². The molecule has 2 rings (SSSR count). The SMILES string of the molecule is CCN(C(=O)OCc1ccccc1)C(C(=O)O)c1ncc(Br)cc1Br. The minimum Gasteiger partial charge on any atom is -0.479 e. The molecular weight excluding hydrogens is 456 g/mol. The van der Waals surface area contributed by atoms with Gasteiger partial charge in [0.05, 0.1) is 5.69 Å². The minimum absolute atomic E-state index is 0.0669. The van der Waals surface area contributed by atoms with E-state index >= 15 is 0 Å². The van der Waals surface area contributed by atoms with Gasteiger partial charge in [0.15, 0.2) is 6.04 Å². The van der Waals surface area contributed by atoms with Crippen molar-refractivity contribution in [2.24, 2.45) is 0 Å². The number of halogens is 2. The number of pyridine rings is 1. The van der Waals surface area contributed by atoms with Crippen molar-refractivity contribution < 1.29 is 19.4 Å². The highest BCUT2D eigenvalue weighted by Crippen LogP contribution is 2.29. The van der Waals surface area contributed by atoms with Crippen LogP contribution in [-0.4, -0.2) is 33.6 Å². The topological polar surface area (TPSA) is 79.7 Å². The van der Waals surface area contributed by atoms with Gasteiger partial charge in [-0.1, -0.05) is 30.3 Å². The predicted molar refractivity (Wildman–Crippen MR) is 99.0 cm³/mol. The lowest BCUT2D eigenvalue weighted by atomic mass is 10.1. The predicted octanol–water partition coefficient (Wildman–Crippen LogP) is 4.39. The van der Waals surface area contributed by atoms with E-state index in [-0.39, 0.29) is 18.8 Å². The highest BCUT2D eigenvalue weighted by atomic mass is 79.9. The Hall–Kier alpha value is -1.93. The van der Waals surface area contributed by atoms with E-state index < -0.39 is 18.1 Å². The molecule has 0 fully saturated rings. The maximum Gasteiger partial charge on any atom is 0.411 e. The largest absolute Gasteiger partial charge is 0.479 e. The van der Waals surface area contributed by atoms with Crippen molar-refractivity contribution in [2.75, 3.05) is 6.54 Å². The Kier molecular flexibility index (Phi) is 6.95. The van der Waals surface area contributed by atoms with Crippen LogP contribution in [0.5, 0.6) is 0 Å². The smallest absolute Gasteiger partial charge is 0.411 e. The molecule has 1 N–H and O–H groups in total. The summed E-state index contributed by atoms with van der Waals surface area (Å²) < 4.78 is 6.45. The number of carboxylic acids is 1. The highest BCUT2D eigenvalue weighted by molar-refractivity contribution is 9.11. The standard InChI is InChI=1S/C17H16Br2N2O4/c1-2-21(17(24)25-10-11-6-4-3-5-7-11)15(16(22)23)14-13(19)8-12(18)9-20-14/h3-9,15H,2,10H2,1H3,(H,22,23). The number of aliphatic carboxylic acids is 1. The van der Waals surface area contributed by atoms with Gasteiger partial charge in [0.1, 0.15) is 6.61 Å². The van der Waals surface area contributed by atoms with Gasteiger partial charge in [-0.05, 0) is 50.4 Å². The lowest BCUT2D eigenvalue weighted by Gasteiger charge is -2.27. The summed E-state index contributed by atoms with van der Waals surface area (Å²) >= 11 is 6.57. The van der Waals surface area contributed by atoms with Crippen LogP contribution < -0.4 is 0 Å². The number of likely N-dealkylation sites (N-methyl/N-ethyl adjacent to an activating group) is 1. The Morgan fingerprint density at radius 1 is 1.28 bits per heavy atom. The van der Waals surface area contributed by atoms with Crippen LogP contribution in [0, 0.1) is 0 Å². The number of nitrogens with zero attached hydrogens (tertiary/aromatic N) is 2. The number of carbonyl (C=O) groups excluding carboxylic acids is 1. The van der Waals surface area contributed by atoms with Crippen molar-refractivity contribution in [3.8, 4) is 0 Å². The van der Waals surface area contributed by atoms with E-state index in [9.17, 15) is 14.7 Å². The van der Waals surface area contributed by atoms with E-state index in [4.69, 9.17) is 4.74 Å². The van der Waals surface area contributed by atoms with E-state index in [0.717, 1.165) is 10.5 Å². The van der Waals surface area contributed by atoms with Crippen LogP contribution in [0.2, 0.25) is 0 Å². The Labute approximate surface area is 162 Å². The number of hydrogen-bond acceptors (Lipinski definition) is 4. The van der Waals surface area contributed by atoms with Gasteiger partial charge < -0.3 is 9.84 Å². The van der Waals surface area contributed by atoms with E-state index in [1.54, 1.807) is 13.0 Å². The Morgan fingerprint density at radius 2 is 1.96 bits per heavy atom. The Bertz CT molecular complexity index is 756. The van der Waals surface area contributed by atoms with Gasteiger partial charge in [-0.15, -0.1) is 0 Å². The molecule has 0 aliphatic heterocycles. The second kappa shape index (κ2) is 8.96. The molecule has 0 aliphatic rings. The van der Waals surface area contributed by atoms with Gasteiger partial charge in [-0.3, -0.25) is 9.88 Å². The molecule has 0 bridgehead atoms. The number of carboxylic acid groups (broad SMARTS) is 1. The van der Waals surface area contributed by atoms with E-state index in [1.807, 2.05) is 30.3 Å². The molecule has 1 aromatic carbocycles. The van der Waals surface area contributed by atoms with Crippen molar-refractivity contribution in [3.05, 3.63) is 62.8 Å². The van der Waals surface area contributed by atoms with E-state index in [2.05, 4.69) is 36.8 Å². The van der Waals surface area contributed by atoms with Crippen LogP contribution in [0.3, 0.4) is 0 Å².